The van der Waals surface area contributed by atoms with E-state index in [1.165, 1.54) is 5.56 Å². The molecule has 5 nitrogen and oxygen atoms in total. The molecule has 26 heavy (non-hydrogen) atoms. The molecule has 2 aromatic rings. The Morgan fingerprint density at radius 1 is 1.08 bits per heavy atom. The second-order valence-corrected chi connectivity index (χ2v) is 5.91. The van der Waals surface area contributed by atoms with Gasteiger partial charge < -0.3 is 9.47 Å². The van der Waals surface area contributed by atoms with Crippen LogP contribution in [0.3, 0.4) is 0 Å². The van der Waals surface area contributed by atoms with E-state index < -0.39 is 5.97 Å². The summed E-state index contributed by atoms with van der Waals surface area (Å²) in [6.45, 7) is 3.53. The second-order valence-electron chi connectivity index (χ2n) is 5.91. The number of ketones is 1. The van der Waals surface area contributed by atoms with Gasteiger partial charge in [-0.3, -0.25) is 4.79 Å². The highest BCUT2D eigenvalue weighted by molar-refractivity contribution is 5.98. The summed E-state index contributed by atoms with van der Waals surface area (Å²) in [7, 11) is 0. The molecule has 0 bridgehead atoms. The van der Waals surface area contributed by atoms with E-state index in [9.17, 15) is 9.59 Å². The van der Waals surface area contributed by atoms with Crippen molar-refractivity contribution in [2.45, 2.75) is 26.2 Å². The molecule has 0 fully saturated rings. The van der Waals surface area contributed by atoms with Crippen LogP contribution >= 0.6 is 0 Å². The first-order valence-corrected chi connectivity index (χ1v) is 8.45. The number of ether oxygens (including phenoxy) is 2. The molecule has 0 saturated carbocycles. The minimum absolute atomic E-state index is 0.272. The number of hydrogen-bond acceptors (Lipinski definition) is 5. The lowest BCUT2D eigenvalue weighted by Gasteiger charge is -2.10. The van der Waals surface area contributed by atoms with Crippen molar-refractivity contribution in [2.75, 3.05) is 13.2 Å². The van der Waals surface area contributed by atoms with Crippen LogP contribution in [0.2, 0.25) is 0 Å². The molecule has 2 rings (SSSR count). The molecule has 0 amide bonds. The number of rotatable bonds is 8. The van der Waals surface area contributed by atoms with E-state index in [0.29, 0.717) is 22.8 Å². The normalized spacial score (nSPS) is 11.3. The molecule has 0 spiro atoms. The van der Waals surface area contributed by atoms with Crippen molar-refractivity contribution in [2.24, 2.45) is 0 Å². The highest BCUT2D eigenvalue weighted by atomic mass is 16.6. The number of carbonyl (C=O) groups excluding carboxylic acids is 2. The van der Waals surface area contributed by atoms with Gasteiger partial charge in [-0.25, -0.2) is 4.79 Å². The van der Waals surface area contributed by atoms with Crippen LogP contribution in [-0.2, 0) is 9.53 Å². The summed E-state index contributed by atoms with van der Waals surface area (Å²) in [6.07, 6.45) is 1.03. The topological polar surface area (TPSA) is 76.4 Å². The fourth-order valence-corrected chi connectivity index (χ4v) is 2.33. The quantitative estimate of drug-likeness (QED) is 0.533. The third kappa shape index (κ3) is 5.18. The molecule has 2 aromatic carbocycles. The zero-order valence-corrected chi connectivity index (χ0v) is 14.9. The van der Waals surface area contributed by atoms with E-state index >= 15 is 0 Å². The number of nitrogens with zero attached hydrogens (tertiary/aromatic N) is 1. The fourth-order valence-electron chi connectivity index (χ4n) is 2.33. The summed E-state index contributed by atoms with van der Waals surface area (Å²) in [5, 5.41) is 8.96. The highest BCUT2D eigenvalue weighted by Gasteiger charge is 2.12. The maximum Gasteiger partial charge on any atom is 0.344 e. The van der Waals surface area contributed by atoms with Crippen molar-refractivity contribution >= 4 is 11.8 Å². The summed E-state index contributed by atoms with van der Waals surface area (Å²) < 4.78 is 10.2. The predicted molar refractivity (Wildman–Crippen MR) is 97.1 cm³/mol. The summed E-state index contributed by atoms with van der Waals surface area (Å²) in [5.41, 5.74) is 2.00. The van der Waals surface area contributed by atoms with Crippen LogP contribution in [0.4, 0.5) is 0 Å². The Balaban J connectivity index is 1.83. The zero-order valence-electron chi connectivity index (χ0n) is 14.9. The Morgan fingerprint density at radius 3 is 2.42 bits per heavy atom. The van der Waals surface area contributed by atoms with Crippen molar-refractivity contribution in [1.82, 2.24) is 0 Å². The van der Waals surface area contributed by atoms with Crippen LogP contribution < -0.4 is 4.74 Å². The van der Waals surface area contributed by atoms with Gasteiger partial charge in [0.2, 0.25) is 0 Å². The van der Waals surface area contributed by atoms with Gasteiger partial charge in [-0.1, -0.05) is 50.2 Å². The SMILES string of the molecule is CC[C@H](C)c1ccc(C(=O)COC(=O)COc2ccccc2C#N)cc1. The van der Waals surface area contributed by atoms with Crippen LogP contribution in [0, 0.1) is 11.3 Å². The third-order valence-electron chi connectivity index (χ3n) is 4.13. The van der Waals surface area contributed by atoms with Crippen LogP contribution in [0.5, 0.6) is 5.75 Å². The Bertz CT molecular complexity index is 806. The molecule has 0 unspecified atom stereocenters. The van der Waals surface area contributed by atoms with Crippen LogP contribution in [0.15, 0.2) is 48.5 Å². The molecule has 0 radical (unpaired) electrons. The number of Topliss-reactive ketones (excluding diaryl/α,β-unsaturated/α-hetero) is 1. The largest absolute Gasteiger partial charge is 0.481 e. The van der Waals surface area contributed by atoms with Gasteiger partial charge in [0, 0.05) is 5.56 Å². The Labute approximate surface area is 153 Å². The first kappa shape index (κ1) is 19.2. The third-order valence-corrected chi connectivity index (χ3v) is 4.13. The van der Waals surface area contributed by atoms with E-state index in [2.05, 4.69) is 13.8 Å². The van der Waals surface area contributed by atoms with Crippen molar-refractivity contribution in [3.05, 3.63) is 65.2 Å². The minimum atomic E-state index is -0.665. The van der Waals surface area contributed by atoms with Crippen molar-refractivity contribution in [3.63, 3.8) is 0 Å². The number of benzene rings is 2. The van der Waals surface area contributed by atoms with Gasteiger partial charge in [-0.2, -0.15) is 5.26 Å². The Hall–Kier alpha value is -3.13. The molecule has 0 aliphatic heterocycles. The standard InChI is InChI=1S/C21H21NO4/c1-3-15(2)16-8-10-17(11-9-16)19(23)13-26-21(24)14-25-20-7-5-4-6-18(20)12-22/h4-11,15H,3,13-14H2,1-2H3/t15-/m0/s1. The van der Waals surface area contributed by atoms with Crippen molar-refractivity contribution in [3.8, 4) is 11.8 Å². The second kappa shape index (κ2) is 9.38. The minimum Gasteiger partial charge on any atom is -0.481 e. The summed E-state index contributed by atoms with van der Waals surface area (Å²) in [4.78, 5) is 23.9. The first-order chi connectivity index (χ1) is 12.5. The smallest absolute Gasteiger partial charge is 0.344 e. The van der Waals surface area contributed by atoms with Gasteiger partial charge in [-0.15, -0.1) is 0 Å². The molecule has 134 valence electrons. The summed E-state index contributed by atoms with van der Waals surface area (Å²) >= 11 is 0. The van der Waals surface area contributed by atoms with E-state index in [1.807, 2.05) is 18.2 Å². The molecule has 0 N–H and O–H groups in total. The molecular weight excluding hydrogens is 330 g/mol. The Morgan fingerprint density at radius 2 is 1.77 bits per heavy atom. The van der Waals surface area contributed by atoms with Gasteiger partial charge >= 0.3 is 5.97 Å². The maximum absolute atomic E-state index is 12.1. The molecular formula is C21H21NO4. The van der Waals surface area contributed by atoms with Gasteiger partial charge in [0.05, 0.1) is 5.56 Å². The van der Waals surface area contributed by atoms with E-state index in [-0.39, 0.29) is 19.0 Å². The fraction of sp³-hybridized carbons (Fsp3) is 0.286. The molecule has 0 aliphatic rings. The van der Waals surface area contributed by atoms with Gasteiger partial charge in [0.15, 0.2) is 19.0 Å². The molecule has 0 saturated heterocycles. The number of para-hydroxylation sites is 1. The van der Waals surface area contributed by atoms with Gasteiger partial charge in [0.1, 0.15) is 11.8 Å². The van der Waals surface area contributed by atoms with Crippen molar-refractivity contribution < 1.29 is 19.1 Å². The maximum atomic E-state index is 12.1. The zero-order chi connectivity index (χ0) is 18.9. The van der Waals surface area contributed by atoms with Crippen LogP contribution in [0.25, 0.3) is 0 Å². The molecule has 1 atom stereocenters. The predicted octanol–water partition coefficient (Wildman–Crippen LogP) is 3.88. The van der Waals surface area contributed by atoms with Crippen LogP contribution in [-0.4, -0.2) is 25.0 Å². The number of hydrogen-bond donors (Lipinski definition) is 0. The molecule has 5 heteroatoms. The molecule has 0 aromatic heterocycles. The van der Waals surface area contributed by atoms with Gasteiger partial charge in [0.25, 0.3) is 0 Å². The average molecular weight is 351 g/mol. The average Bonchev–Trinajstić information content (AvgIpc) is 2.70. The lowest BCUT2D eigenvalue weighted by molar-refractivity contribution is -0.144. The van der Waals surface area contributed by atoms with Gasteiger partial charge in [-0.05, 0) is 30.0 Å². The number of carbonyl (C=O) groups is 2. The van der Waals surface area contributed by atoms with E-state index in [4.69, 9.17) is 14.7 Å². The number of nitriles is 1. The Kier molecular flexibility index (Phi) is 6.92. The van der Waals surface area contributed by atoms with E-state index in [0.717, 1.165) is 6.42 Å². The lowest BCUT2D eigenvalue weighted by Crippen LogP contribution is -2.19. The summed E-state index contributed by atoms with van der Waals surface area (Å²) in [5.74, 6) is -0.196. The highest BCUT2D eigenvalue weighted by Crippen LogP contribution is 2.19. The number of esters is 1. The van der Waals surface area contributed by atoms with Crippen LogP contribution in [0.1, 0.15) is 47.7 Å². The first-order valence-electron chi connectivity index (χ1n) is 8.45. The van der Waals surface area contributed by atoms with Crippen molar-refractivity contribution in [1.29, 1.82) is 5.26 Å². The summed E-state index contributed by atoms with van der Waals surface area (Å²) in [6, 6.07) is 15.9. The monoisotopic (exact) mass is 351 g/mol. The lowest BCUT2D eigenvalue weighted by atomic mass is 9.97. The molecule has 0 aliphatic carbocycles. The molecule has 0 heterocycles. The van der Waals surface area contributed by atoms with E-state index in [1.54, 1.807) is 36.4 Å².